The summed E-state index contributed by atoms with van der Waals surface area (Å²) < 4.78 is 40.2. The summed E-state index contributed by atoms with van der Waals surface area (Å²) in [7, 11) is 0. The molecule has 1 aromatic carbocycles. The summed E-state index contributed by atoms with van der Waals surface area (Å²) in [5, 5.41) is 7.89. The van der Waals surface area contributed by atoms with Gasteiger partial charge in [-0.05, 0) is 25.5 Å². The molecular weight excluding hydrogens is 243 g/mol. The van der Waals surface area contributed by atoms with E-state index in [-0.39, 0.29) is 12.5 Å². The van der Waals surface area contributed by atoms with Gasteiger partial charge in [0.1, 0.15) is 5.82 Å². The highest BCUT2D eigenvalue weighted by molar-refractivity contribution is 5.90. The first-order valence-corrected chi connectivity index (χ1v) is 5.77. The van der Waals surface area contributed by atoms with Crippen molar-refractivity contribution in [2.24, 2.45) is 0 Å². The molecular formula is C12H12F3N3. The zero-order chi connectivity index (χ0) is 12.9. The maximum atomic E-state index is 13.0. The predicted molar refractivity (Wildman–Crippen MR) is 62.5 cm³/mol. The van der Waals surface area contributed by atoms with Gasteiger partial charge in [-0.15, -0.1) is 0 Å². The van der Waals surface area contributed by atoms with Gasteiger partial charge in [-0.2, -0.15) is 18.3 Å². The summed E-state index contributed by atoms with van der Waals surface area (Å²) in [6.45, 7) is 1.75. The van der Waals surface area contributed by atoms with Crippen LogP contribution in [0.1, 0.15) is 19.4 Å². The quantitative estimate of drug-likeness (QED) is 0.782. The van der Waals surface area contributed by atoms with Crippen LogP contribution in [-0.2, 0) is 0 Å². The first kappa shape index (κ1) is 11.4. The zero-order valence-electron chi connectivity index (χ0n) is 9.70. The van der Waals surface area contributed by atoms with Crippen molar-refractivity contribution in [3.05, 3.63) is 24.3 Å². The molecule has 0 saturated heterocycles. The molecule has 1 N–H and O–H groups in total. The second-order valence-electron chi connectivity index (χ2n) is 4.65. The maximum absolute atomic E-state index is 13.0. The van der Waals surface area contributed by atoms with Crippen LogP contribution in [0, 0.1) is 0 Å². The van der Waals surface area contributed by atoms with E-state index in [1.165, 1.54) is 0 Å². The van der Waals surface area contributed by atoms with Gasteiger partial charge in [0, 0.05) is 11.4 Å². The predicted octanol–water partition coefficient (Wildman–Crippen LogP) is 3.34. The van der Waals surface area contributed by atoms with Gasteiger partial charge in [0.05, 0.1) is 5.52 Å². The van der Waals surface area contributed by atoms with Crippen molar-refractivity contribution in [2.45, 2.75) is 31.6 Å². The lowest BCUT2D eigenvalue weighted by Gasteiger charge is -2.31. The van der Waals surface area contributed by atoms with Crippen LogP contribution in [0.5, 0.6) is 0 Å². The van der Waals surface area contributed by atoms with E-state index < -0.39 is 12.2 Å². The van der Waals surface area contributed by atoms with Crippen LogP contribution in [0.3, 0.4) is 0 Å². The number of alkyl halides is 3. The molecule has 2 heterocycles. The van der Waals surface area contributed by atoms with E-state index in [0.29, 0.717) is 11.3 Å². The molecule has 0 amide bonds. The van der Waals surface area contributed by atoms with Crippen molar-refractivity contribution >= 4 is 16.7 Å². The van der Waals surface area contributed by atoms with Gasteiger partial charge in [0.15, 0.2) is 6.04 Å². The standard InChI is InChI=1S/C12H12F3N3/c1-7-6-10(12(13,14)15)18-11(16-7)8-4-2-3-5-9(8)17-18/h2-5,7,10,16H,6H2,1H3. The highest BCUT2D eigenvalue weighted by Gasteiger charge is 2.45. The van der Waals surface area contributed by atoms with E-state index in [1.54, 1.807) is 31.2 Å². The zero-order valence-corrected chi connectivity index (χ0v) is 9.70. The molecule has 0 saturated carbocycles. The van der Waals surface area contributed by atoms with Crippen LogP contribution in [0.4, 0.5) is 19.0 Å². The number of benzene rings is 1. The van der Waals surface area contributed by atoms with Crippen LogP contribution >= 0.6 is 0 Å². The van der Waals surface area contributed by atoms with E-state index >= 15 is 0 Å². The Morgan fingerprint density at radius 1 is 1.33 bits per heavy atom. The molecule has 0 spiro atoms. The van der Waals surface area contributed by atoms with Gasteiger partial charge in [-0.1, -0.05) is 12.1 Å². The third kappa shape index (κ3) is 1.63. The molecule has 2 atom stereocenters. The fourth-order valence-electron chi connectivity index (χ4n) is 2.42. The Labute approximate surface area is 102 Å². The SMILES string of the molecule is CC1CC(C(F)(F)F)n2nc3ccccc3c2N1. The smallest absolute Gasteiger partial charge is 0.367 e. The van der Waals surface area contributed by atoms with Crippen molar-refractivity contribution < 1.29 is 13.2 Å². The molecule has 0 fully saturated rings. The minimum Gasteiger partial charge on any atom is -0.367 e. The molecule has 6 heteroatoms. The summed E-state index contributed by atoms with van der Waals surface area (Å²) in [5.41, 5.74) is 0.586. The van der Waals surface area contributed by atoms with E-state index in [9.17, 15) is 13.2 Å². The molecule has 18 heavy (non-hydrogen) atoms. The molecule has 1 aliphatic rings. The number of hydrogen-bond donors (Lipinski definition) is 1. The number of halogens is 3. The van der Waals surface area contributed by atoms with Gasteiger partial charge >= 0.3 is 6.18 Å². The number of nitrogens with one attached hydrogen (secondary N) is 1. The second kappa shape index (κ2) is 3.63. The van der Waals surface area contributed by atoms with Crippen LogP contribution in [0.25, 0.3) is 10.9 Å². The van der Waals surface area contributed by atoms with Gasteiger partial charge in [0.2, 0.25) is 0 Å². The van der Waals surface area contributed by atoms with Crippen LogP contribution in [0.15, 0.2) is 24.3 Å². The topological polar surface area (TPSA) is 29.9 Å². The van der Waals surface area contributed by atoms with Crippen LogP contribution in [0.2, 0.25) is 0 Å². The largest absolute Gasteiger partial charge is 0.410 e. The number of nitrogens with zero attached hydrogens (tertiary/aromatic N) is 2. The first-order chi connectivity index (χ1) is 8.47. The summed E-state index contributed by atoms with van der Waals surface area (Å²) in [5.74, 6) is 0.465. The van der Waals surface area contributed by atoms with E-state index in [2.05, 4.69) is 10.4 Å². The summed E-state index contributed by atoms with van der Waals surface area (Å²) in [6, 6.07) is 5.31. The minimum absolute atomic E-state index is 0.00445. The normalized spacial score (nSPS) is 23.8. The lowest BCUT2D eigenvalue weighted by molar-refractivity contribution is -0.173. The Balaban J connectivity index is 2.22. The Morgan fingerprint density at radius 2 is 2.06 bits per heavy atom. The lowest BCUT2D eigenvalue weighted by atomic mass is 10.1. The molecule has 0 aliphatic carbocycles. The minimum atomic E-state index is -4.27. The number of rotatable bonds is 0. The molecule has 0 radical (unpaired) electrons. The summed E-state index contributed by atoms with van der Waals surface area (Å²) in [6.07, 6.45) is -4.27. The maximum Gasteiger partial charge on any atom is 0.410 e. The van der Waals surface area contributed by atoms with E-state index in [4.69, 9.17) is 0 Å². The Kier molecular flexibility index (Phi) is 2.30. The van der Waals surface area contributed by atoms with Gasteiger partial charge in [-0.25, -0.2) is 4.68 Å². The van der Waals surface area contributed by atoms with Gasteiger partial charge < -0.3 is 5.32 Å². The Morgan fingerprint density at radius 3 is 2.78 bits per heavy atom. The Hall–Kier alpha value is -1.72. The fraction of sp³-hybridized carbons (Fsp3) is 0.417. The van der Waals surface area contributed by atoms with Crippen molar-refractivity contribution in [2.75, 3.05) is 5.32 Å². The number of anilines is 1. The second-order valence-corrected chi connectivity index (χ2v) is 4.65. The third-order valence-corrected chi connectivity index (χ3v) is 3.24. The molecule has 1 aliphatic heterocycles. The summed E-state index contributed by atoms with van der Waals surface area (Å²) in [4.78, 5) is 0. The van der Waals surface area contributed by atoms with Crippen LogP contribution in [-0.4, -0.2) is 22.0 Å². The third-order valence-electron chi connectivity index (χ3n) is 3.24. The number of aromatic nitrogens is 2. The van der Waals surface area contributed by atoms with Crippen molar-refractivity contribution in [3.63, 3.8) is 0 Å². The molecule has 0 bridgehead atoms. The average Bonchev–Trinajstić information content (AvgIpc) is 2.65. The van der Waals surface area contributed by atoms with E-state index in [1.807, 2.05) is 0 Å². The van der Waals surface area contributed by atoms with E-state index in [0.717, 1.165) is 10.1 Å². The molecule has 2 aromatic rings. The van der Waals surface area contributed by atoms with Crippen molar-refractivity contribution in [3.8, 4) is 0 Å². The number of hydrogen-bond acceptors (Lipinski definition) is 2. The monoisotopic (exact) mass is 255 g/mol. The van der Waals surface area contributed by atoms with Gasteiger partial charge in [0.25, 0.3) is 0 Å². The van der Waals surface area contributed by atoms with Crippen molar-refractivity contribution in [1.29, 1.82) is 0 Å². The first-order valence-electron chi connectivity index (χ1n) is 5.77. The average molecular weight is 255 g/mol. The fourth-order valence-corrected chi connectivity index (χ4v) is 2.42. The molecule has 1 aromatic heterocycles. The molecule has 3 nitrogen and oxygen atoms in total. The van der Waals surface area contributed by atoms with Gasteiger partial charge in [-0.3, -0.25) is 0 Å². The van der Waals surface area contributed by atoms with Crippen molar-refractivity contribution in [1.82, 2.24) is 9.78 Å². The highest BCUT2D eigenvalue weighted by atomic mass is 19.4. The number of fused-ring (bicyclic) bond motifs is 3. The summed E-state index contributed by atoms with van der Waals surface area (Å²) >= 11 is 0. The Bertz CT molecular complexity index is 588. The highest BCUT2D eigenvalue weighted by Crippen LogP contribution is 2.41. The lowest BCUT2D eigenvalue weighted by Crippen LogP contribution is -2.37. The molecule has 2 unspecified atom stereocenters. The van der Waals surface area contributed by atoms with Crippen LogP contribution < -0.4 is 5.32 Å². The molecule has 3 rings (SSSR count). The molecule has 96 valence electrons.